The maximum atomic E-state index is 12.6. The van der Waals surface area contributed by atoms with Crippen LogP contribution in [0.2, 0.25) is 5.02 Å². The first kappa shape index (κ1) is 25.8. The second kappa shape index (κ2) is 13.2. The van der Waals surface area contributed by atoms with Gasteiger partial charge in [-0.3, -0.25) is 9.69 Å². The van der Waals surface area contributed by atoms with Crippen molar-refractivity contribution in [2.24, 2.45) is 0 Å². The van der Waals surface area contributed by atoms with E-state index in [2.05, 4.69) is 9.80 Å². The van der Waals surface area contributed by atoms with Crippen LogP contribution in [0.4, 0.5) is 0 Å². The average Bonchev–Trinajstić information content (AvgIpc) is 2.82. The molecule has 0 saturated carbocycles. The number of unbranched alkanes of at least 4 members (excludes halogenated alkanes) is 2. The molecule has 0 N–H and O–H groups in total. The molecule has 180 valence electrons. The molecule has 1 atom stereocenters. The van der Waals surface area contributed by atoms with Gasteiger partial charge in [0.25, 0.3) is 0 Å². The van der Waals surface area contributed by atoms with Crippen molar-refractivity contribution in [3.8, 4) is 5.75 Å². The Kier molecular flexibility index (Phi) is 10.3. The smallest absolute Gasteiger partial charge is 0.236 e. The third kappa shape index (κ3) is 8.50. The van der Waals surface area contributed by atoms with E-state index in [4.69, 9.17) is 16.3 Å². The van der Waals surface area contributed by atoms with Crippen molar-refractivity contribution < 1.29 is 14.1 Å². The van der Waals surface area contributed by atoms with Crippen LogP contribution in [0.3, 0.4) is 0 Å². The lowest BCUT2D eigenvalue weighted by Gasteiger charge is -2.34. The van der Waals surface area contributed by atoms with E-state index in [1.54, 1.807) is 29.2 Å². The van der Waals surface area contributed by atoms with E-state index in [9.17, 15) is 9.35 Å². The van der Waals surface area contributed by atoms with E-state index in [0.717, 1.165) is 67.5 Å². The number of carbonyl (C=O) groups excluding carboxylic acids is 1. The highest BCUT2D eigenvalue weighted by Gasteiger charge is 2.19. The molecule has 1 amide bonds. The molecule has 0 radical (unpaired) electrons. The molecule has 33 heavy (non-hydrogen) atoms. The van der Waals surface area contributed by atoms with Gasteiger partial charge in [0.15, 0.2) is 9.79 Å². The largest absolute Gasteiger partial charge is 0.606 e. The molecule has 3 rings (SSSR count). The Labute approximate surface area is 205 Å². The molecule has 1 saturated heterocycles. The van der Waals surface area contributed by atoms with Crippen LogP contribution in [0.5, 0.6) is 5.75 Å². The average molecular weight is 492 g/mol. The number of piperazine rings is 1. The molecule has 1 heterocycles. The molecule has 1 aliphatic heterocycles. The number of hydrogen-bond donors (Lipinski definition) is 0. The second-order valence-corrected chi connectivity index (χ2v) is 10.4. The van der Waals surface area contributed by atoms with Crippen LogP contribution >= 0.6 is 11.6 Å². The molecule has 0 spiro atoms. The van der Waals surface area contributed by atoms with Crippen molar-refractivity contribution >= 4 is 28.7 Å². The van der Waals surface area contributed by atoms with Gasteiger partial charge < -0.3 is 19.1 Å². The number of hydrogen-bond acceptors (Lipinski definition) is 5. The van der Waals surface area contributed by atoms with Crippen LogP contribution in [-0.2, 0) is 16.0 Å². The van der Waals surface area contributed by atoms with Gasteiger partial charge in [-0.25, -0.2) is 0 Å². The van der Waals surface area contributed by atoms with Gasteiger partial charge in [-0.15, -0.1) is 0 Å². The number of amides is 1. The fourth-order valence-electron chi connectivity index (χ4n) is 3.66. The number of benzene rings is 2. The number of ether oxygens (including phenoxy) is 1. The molecule has 1 aliphatic rings. The van der Waals surface area contributed by atoms with Crippen molar-refractivity contribution in [1.29, 1.82) is 0 Å². The normalized spacial score (nSPS) is 15.9. The van der Waals surface area contributed by atoms with Gasteiger partial charge in [0.1, 0.15) is 5.75 Å². The summed E-state index contributed by atoms with van der Waals surface area (Å²) in [6.07, 6.45) is 3.28. The fraction of sp³-hybridized carbons (Fsp3) is 0.480. The van der Waals surface area contributed by atoms with Gasteiger partial charge >= 0.3 is 0 Å². The first-order chi connectivity index (χ1) is 15.9. The summed E-state index contributed by atoms with van der Waals surface area (Å²) in [7, 11) is 3.62. The third-order valence-electron chi connectivity index (χ3n) is 5.78. The summed E-state index contributed by atoms with van der Waals surface area (Å²) in [5.41, 5.74) is 0. The summed E-state index contributed by atoms with van der Waals surface area (Å²) in [5, 5.41) is 0.635. The van der Waals surface area contributed by atoms with E-state index in [1.165, 1.54) is 0 Å². The Balaban J connectivity index is 1.27. The third-order valence-corrected chi connectivity index (χ3v) is 7.43. The summed E-state index contributed by atoms with van der Waals surface area (Å²) >= 11 is 4.68. The van der Waals surface area contributed by atoms with Crippen LogP contribution in [0.1, 0.15) is 19.3 Å². The molecule has 0 bridgehead atoms. The zero-order chi connectivity index (χ0) is 23.6. The molecule has 6 nitrogen and oxygen atoms in total. The fourth-order valence-corrected chi connectivity index (χ4v) is 4.83. The van der Waals surface area contributed by atoms with Crippen LogP contribution < -0.4 is 4.74 Å². The van der Waals surface area contributed by atoms with E-state index in [0.29, 0.717) is 18.2 Å². The SMILES string of the molecule is CN(C)C(=O)CN1CCN(CCCCCOc2ccc([S+]([O-])c3ccc(Cl)cc3)cc2)CC1. The Hall–Kier alpha value is -1.77. The minimum Gasteiger partial charge on any atom is -0.606 e. The van der Waals surface area contributed by atoms with Crippen LogP contribution in [-0.4, -0.2) is 85.1 Å². The predicted octanol–water partition coefficient (Wildman–Crippen LogP) is 3.76. The maximum absolute atomic E-state index is 12.6. The highest BCUT2D eigenvalue weighted by atomic mass is 35.5. The van der Waals surface area contributed by atoms with Crippen molar-refractivity contribution in [3.05, 3.63) is 53.6 Å². The molecule has 0 aliphatic carbocycles. The van der Waals surface area contributed by atoms with Crippen molar-refractivity contribution in [2.45, 2.75) is 29.1 Å². The lowest BCUT2D eigenvalue weighted by molar-refractivity contribution is -0.130. The monoisotopic (exact) mass is 491 g/mol. The van der Waals surface area contributed by atoms with E-state index >= 15 is 0 Å². The van der Waals surface area contributed by atoms with Crippen LogP contribution in [0.25, 0.3) is 0 Å². The Morgan fingerprint density at radius 2 is 1.52 bits per heavy atom. The molecular formula is C25H34ClN3O3S. The van der Waals surface area contributed by atoms with Gasteiger partial charge in [-0.2, -0.15) is 0 Å². The molecule has 1 fully saturated rings. The highest BCUT2D eigenvalue weighted by Crippen LogP contribution is 2.24. The second-order valence-electron chi connectivity index (χ2n) is 8.51. The summed E-state index contributed by atoms with van der Waals surface area (Å²) in [4.78, 5) is 19.7. The first-order valence-electron chi connectivity index (χ1n) is 11.5. The van der Waals surface area contributed by atoms with Crippen molar-refractivity contribution in [1.82, 2.24) is 14.7 Å². The van der Waals surface area contributed by atoms with Gasteiger partial charge in [0.05, 0.1) is 13.2 Å². The van der Waals surface area contributed by atoms with E-state index in [1.807, 2.05) is 38.4 Å². The number of carbonyl (C=O) groups is 1. The van der Waals surface area contributed by atoms with Crippen molar-refractivity contribution in [2.75, 3.05) is 60.0 Å². The maximum Gasteiger partial charge on any atom is 0.236 e. The zero-order valence-corrected chi connectivity index (χ0v) is 21.1. The van der Waals surface area contributed by atoms with Crippen molar-refractivity contribution in [3.63, 3.8) is 0 Å². The molecule has 2 aromatic carbocycles. The van der Waals surface area contributed by atoms with Crippen LogP contribution in [0.15, 0.2) is 58.3 Å². The first-order valence-corrected chi connectivity index (χ1v) is 13.0. The number of nitrogens with zero attached hydrogens (tertiary/aromatic N) is 3. The van der Waals surface area contributed by atoms with Gasteiger partial charge in [-0.1, -0.05) is 11.6 Å². The Morgan fingerprint density at radius 1 is 0.939 bits per heavy atom. The van der Waals surface area contributed by atoms with Gasteiger partial charge in [-0.05, 0) is 74.3 Å². The standard InChI is InChI=1S/C25H34ClN3O3S/c1-27(2)25(30)20-29-17-15-28(16-18-29)14-4-3-5-19-32-22-8-12-24(13-9-22)33(31)23-10-6-21(26)7-11-23/h6-13H,3-5,14-20H2,1-2H3. The van der Waals surface area contributed by atoms with Gasteiger partial charge in [0.2, 0.25) is 5.91 Å². The van der Waals surface area contributed by atoms with E-state index < -0.39 is 11.2 Å². The predicted molar refractivity (Wildman–Crippen MR) is 133 cm³/mol. The zero-order valence-electron chi connectivity index (χ0n) is 19.5. The lowest BCUT2D eigenvalue weighted by Crippen LogP contribution is -2.49. The molecule has 8 heteroatoms. The highest BCUT2D eigenvalue weighted by molar-refractivity contribution is 7.91. The Bertz CT molecular complexity index is 856. The minimum absolute atomic E-state index is 0.174. The number of likely N-dealkylation sites (N-methyl/N-ethyl adjacent to an activating group) is 1. The molecule has 2 aromatic rings. The quantitative estimate of drug-likeness (QED) is 0.354. The topological polar surface area (TPSA) is 59.1 Å². The molecule has 1 unspecified atom stereocenters. The van der Waals surface area contributed by atoms with Gasteiger partial charge in [0, 0.05) is 56.5 Å². The Morgan fingerprint density at radius 3 is 2.12 bits per heavy atom. The molecular weight excluding hydrogens is 458 g/mol. The summed E-state index contributed by atoms with van der Waals surface area (Å²) < 4.78 is 18.5. The van der Waals surface area contributed by atoms with Crippen LogP contribution in [0, 0.1) is 0 Å². The summed E-state index contributed by atoms with van der Waals surface area (Å²) in [6, 6.07) is 14.5. The summed E-state index contributed by atoms with van der Waals surface area (Å²) in [6.45, 7) is 6.28. The number of halogens is 1. The molecule has 0 aromatic heterocycles. The lowest BCUT2D eigenvalue weighted by atomic mass is 10.2. The summed E-state index contributed by atoms with van der Waals surface area (Å²) in [5.74, 6) is 0.975. The minimum atomic E-state index is -1.22. The number of rotatable bonds is 11. The van der Waals surface area contributed by atoms with E-state index in [-0.39, 0.29) is 5.91 Å².